The van der Waals surface area contributed by atoms with Crippen LogP contribution in [0.2, 0.25) is 0 Å². The lowest BCUT2D eigenvalue weighted by Crippen LogP contribution is -2.35. The van der Waals surface area contributed by atoms with Gasteiger partial charge in [0.25, 0.3) is 0 Å². The zero-order chi connectivity index (χ0) is 17.7. The molecule has 9 heteroatoms. The zero-order valence-corrected chi connectivity index (χ0v) is 13.6. The lowest BCUT2D eigenvalue weighted by atomic mass is 9.88. The quantitative estimate of drug-likeness (QED) is 0.710. The molecule has 2 bridgehead atoms. The first-order valence-corrected chi connectivity index (χ1v) is 9.52. The van der Waals surface area contributed by atoms with E-state index in [0.717, 1.165) is 22.9 Å². The molecular weight excluding hydrogens is 357 g/mol. The molecule has 132 valence electrons. The Balaban J connectivity index is 1.56. The monoisotopic (exact) mass is 370 g/mol. The summed E-state index contributed by atoms with van der Waals surface area (Å²) in [6, 6.07) is 4.61. The lowest BCUT2D eigenvalue weighted by molar-refractivity contribution is -0.137. The Morgan fingerprint density at radius 3 is 2.60 bits per heavy atom. The first kappa shape index (κ1) is 15.5. The van der Waals surface area contributed by atoms with Gasteiger partial charge in [0.2, 0.25) is 10.0 Å². The van der Waals surface area contributed by atoms with Crippen LogP contribution in [0, 0.1) is 29.1 Å². The fourth-order valence-corrected chi connectivity index (χ4v) is 7.62. The average molecular weight is 370 g/mol. The van der Waals surface area contributed by atoms with Gasteiger partial charge in [-0.15, -0.1) is 0 Å². The summed E-state index contributed by atoms with van der Waals surface area (Å²) in [5, 5.41) is 8.32. The van der Waals surface area contributed by atoms with Gasteiger partial charge in [-0.1, -0.05) is 0 Å². The standard InChI is InChI=1S/C16H13F3N2O3S/c17-16(18,19)12-3-8(2-1-7(12)5-20)21-6-11-9-4-10(14-13(9)24-14)15(11)25(21,22)23/h1-3,9-11,13-15H,4,6H2/t9-,10-,11-,13-,14+,15+/m1/s1. The number of hydrogen-bond donors (Lipinski definition) is 0. The van der Waals surface area contributed by atoms with Crippen LogP contribution >= 0.6 is 0 Å². The summed E-state index contributed by atoms with van der Waals surface area (Å²) in [4.78, 5) is 0. The van der Waals surface area contributed by atoms with E-state index in [1.807, 2.05) is 0 Å². The van der Waals surface area contributed by atoms with Crippen LogP contribution in [0.1, 0.15) is 17.5 Å². The molecule has 5 rings (SSSR count). The second-order valence-corrected chi connectivity index (χ2v) is 9.19. The van der Waals surface area contributed by atoms with Crippen LogP contribution < -0.4 is 4.31 Å². The van der Waals surface area contributed by atoms with Gasteiger partial charge in [0.1, 0.15) is 0 Å². The van der Waals surface area contributed by atoms with E-state index in [2.05, 4.69) is 0 Å². The third kappa shape index (κ3) is 1.89. The van der Waals surface area contributed by atoms with Crippen LogP contribution in [0.25, 0.3) is 0 Å². The number of hydrogen-bond acceptors (Lipinski definition) is 4. The third-order valence-corrected chi connectivity index (χ3v) is 8.45. The van der Waals surface area contributed by atoms with E-state index in [1.54, 1.807) is 0 Å². The van der Waals surface area contributed by atoms with Crippen LogP contribution in [-0.4, -0.2) is 32.4 Å². The molecule has 25 heavy (non-hydrogen) atoms. The Labute approximate surface area is 142 Å². The largest absolute Gasteiger partial charge is 0.417 e. The average Bonchev–Trinajstić information content (AvgIpc) is 3.05. The number of ether oxygens (including phenoxy) is 1. The molecule has 0 amide bonds. The molecule has 2 saturated heterocycles. The number of epoxide rings is 1. The van der Waals surface area contributed by atoms with Gasteiger partial charge >= 0.3 is 6.18 Å². The topological polar surface area (TPSA) is 73.7 Å². The summed E-state index contributed by atoms with van der Waals surface area (Å²) in [5.74, 6) is 0.0411. The number of alkyl halides is 3. The van der Waals surface area contributed by atoms with Gasteiger partial charge in [-0.05, 0) is 30.5 Å². The van der Waals surface area contributed by atoms with E-state index < -0.39 is 32.6 Å². The molecule has 4 aliphatic rings. The molecule has 1 aromatic carbocycles. The minimum absolute atomic E-state index is 0.00711. The molecule has 2 heterocycles. The maximum atomic E-state index is 13.2. The number of anilines is 1. The smallest absolute Gasteiger partial charge is 0.369 e. The Hall–Kier alpha value is -1.79. The third-order valence-electron chi connectivity index (χ3n) is 6.09. The van der Waals surface area contributed by atoms with E-state index in [1.165, 1.54) is 12.1 Å². The Kier molecular flexibility index (Phi) is 2.77. The van der Waals surface area contributed by atoms with E-state index >= 15 is 0 Å². The van der Waals surface area contributed by atoms with E-state index in [0.29, 0.717) is 0 Å². The molecule has 0 unspecified atom stereocenters. The molecule has 0 aromatic heterocycles. The fraction of sp³-hybridized carbons (Fsp3) is 0.562. The van der Waals surface area contributed by atoms with Gasteiger partial charge in [0.15, 0.2) is 0 Å². The number of nitriles is 1. The maximum Gasteiger partial charge on any atom is 0.417 e. The minimum atomic E-state index is -4.71. The predicted octanol–water partition coefficient (Wildman–Crippen LogP) is 2.13. The molecule has 2 saturated carbocycles. The maximum absolute atomic E-state index is 13.2. The van der Waals surface area contributed by atoms with Gasteiger partial charge in [0, 0.05) is 18.4 Å². The normalized spacial score (nSPS) is 39.8. The summed E-state index contributed by atoms with van der Waals surface area (Å²) in [5.41, 5.74) is -1.63. The van der Waals surface area contributed by atoms with Crippen molar-refractivity contribution in [1.29, 1.82) is 5.26 Å². The summed E-state index contributed by atoms with van der Waals surface area (Å²) in [6.45, 7) is 0.184. The molecule has 0 N–H and O–H groups in total. The van der Waals surface area contributed by atoms with Crippen molar-refractivity contribution < 1.29 is 26.3 Å². The minimum Gasteiger partial charge on any atom is -0.369 e. The van der Waals surface area contributed by atoms with Crippen molar-refractivity contribution in [2.45, 2.75) is 30.1 Å². The highest BCUT2D eigenvalue weighted by molar-refractivity contribution is 7.93. The number of nitrogens with zero attached hydrogens (tertiary/aromatic N) is 2. The number of fused-ring (bicyclic) bond motifs is 8. The molecular formula is C16H13F3N2O3S. The summed E-state index contributed by atoms with van der Waals surface area (Å²) in [6.07, 6.45) is -3.74. The lowest BCUT2D eigenvalue weighted by Gasteiger charge is -2.22. The van der Waals surface area contributed by atoms with Crippen molar-refractivity contribution in [3.63, 3.8) is 0 Å². The van der Waals surface area contributed by atoms with Gasteiger partial charge in [-0.2, -0.15) is 18.4 Å². The highest BCUT2D eigenvalue weighted by Crippen LogP contribution is 2.63. The fourth-order valence-electron chi connectivity index (χ4n) is 5.10. The number of halogens is 3. The summed E-state index contributed by atoms with van der Waals surface area (Å²) < 4.78 is 72.1. The second-order valence-electron chi connectivity index (χ2n) is 7.17. The van der Waals surface area contributed by atoms with Gasteiger partial charge < -0.3 is 4.74 Å². The van der Waals surface area contributed by atoms with E-state index in [4.69, 9.17) is 10.00 Å². The van der Waals surface area contributed by atoms with E-state index in [9.17, 15) is 21.6 Å². The van der Waals surface area contributed by atoms with Crippen molar-refractivity contribution in [3.8, 4) is 6.07 Å². The van der Waals surface area contributed by atoms with Crippen molar-refractivity contribution in [3.05, 3.63) is 29.3 Å². The Morgan fingerprint density at radius 2 is 1.92 bits per heavy atom. The van der Waals surface area contributed by atoms with Gasteiger partial charge in [-0.25, -0.2) is 8.42 Å². The molecule has 6 atom stereocenters. The highest BCUT2D eigenvalue weighted by Gasteiger charge is 2.73. The van der Waals surface area contributed by atoms with Gasteiger partial charge in [-0.3, -0.25) is 4.31 Å². The molecule has 0 radical (unpaired) electrons. The van der Waals surface area contributed by atoms with Crippen molar-refractivity contribution in [2.24, 2.45) is 17.8 Å². The first-order valence-electron chi connectivity index (χ1n) is 8.02. The molecule has 4 fully saturated rings. The van der Waals surface area contributed by atoms with Crippen LogP contribution in [0.5, 0.6) is 0 Å². The number of rotatable bonds is 1. The number of sulfonamides is 1. The molecule has 1 aromatic rings. The molecule has 2 aliphatic heterocycles. The van der Waals surface area contributed by atoms with Crippen molar-refractivity contribution in [2.75, 3.05) is 10.8 Å². The summed E-state index contributed by atoms with van der Waals surface area (Å²) >= 11 is 0. The van der Waals surface area contributed by atoms with E-state index in [-0.39, 0.29) is 42.2 Å². The van der Waals surface area contributed by atoms with Crippen LogP contribution in [0.4, 0.5) is 18.9 Å². The zero-order valence-electron chi connectivity index (χ0n) is 12.8. The van der Waals surface area contributed by atoms with Crippen molar-refractivity contribution >= 4 is 15.7 Å². The van der Waals surface area contributed by atoms with Gasteiger partial charge in [0.05, 0.1) is 40.3 Å². The second kappa shape index (κ2) is 4.48. The highest BCUT2D eigenvalue weighted by atomic mass is 32.2. The predicted molar refractivity (Wildman–Crippen MR) is 80.0 cm³/mol. The van der Waals surface area contributed by atoms with Crippen LogP contribution in [-0.2, 0) is 20.9 Å². The molecule has 2 aliphatic carbocycles. The Morgan fingerprint density at radius 1 is 1.20 bits per heavy atom. The van der Waals surface area contributed by atoms with Crippen LogP contribution in [0.3, 0.4) is 0 Å². The molecule has 0 spiro atoms. The number of benzene rings is 1. The molecule has 5 nitrogen and oxygen atoms in total. The summed E-state index contributed by atoms with van der Waals surface area (Å²) in [7, 11) is -3.73. The SMILES string of the molecule is N#Cc1ccc(N2C[C@@H]3[C@H]4C[C@H]([C@@H]5O[C@H]45)[C@@H]3S2(=O)=O)cc1C(F)(F)F. The van der Waals surface area contributed by atoms with Crippen LogP contribution in [0.15, 0.2) is 18.2 Å². The Bertz CT molecular complexity index is 924. The van der Waals surface area contributed by atoms with Crippen molar-refractivity contribution in [1.82, 2.24) is 0 Å². The first-order chi connectivity index (χ1) is 11.7.